The van der Waals surface area contributed by atoms with Gasteiger partial charge in [0.05, 0.1) is 11.2 Å². The Bertz CT molecular complexity index is 536. The number of hydrogen-bond donors (Lipinski definition) is 2. The summed E-state index contributed by atoms with van der Waals surface area (Å²) in [4.78, 5) is 6.51. The number of nitrogens with two attached hydrogens (primary N) is 1. The van der Waals surface area contributed by atoms with Gasteiger partial charge in [0.25, 0.3) is 0 Å². The third-order valence-corrected chi connectivity index (χ3v) is 3.27. The lowest BCUT2D eigenvalue weighted by molar-refractivity contribution is 0.326. The lowest BCUT2D eigenvalue weighted by atomic mass is 10.1. The van der Waals surface area contributed by atoms with Crippen LogP contribution in [-0.2, 0) is 0 Å². The molecule has 1 aromatic heterocycles. The summed E-state index contributed by atoms with van der Waals surface area (Å²) in [7, 11) is 4.16. The van der Waals surface area contributed by atoms with Gasteiger partial charge in [0.1, 0.15) is 0 Å². The zero-order valence-corrected chi connectivity index (χ0v) is 11.1. The monoisotopic (exact) mass is 244 g/mol. The van der Waals surface area contributed by atoms with Crippen LogP contribution in [0.2, 0.25) is 0 Å². The Labute approximate surface area is 108 Å². The molecule has 96 valence electrons. The van der Waals surface area contributed by atoms with Gasteiger partial charge in [-0.15, -0.1) is 0 Å². The highest BCUT2D eigenvalue weighted by atomic mass is 15.1. The second kappa shape index (κ2) is 5.23. The van der Waals surface area contributed by atoms with Gasteiger partial charge in [-0.25, -0.2) is 0 Å². The smallest absolute Gasteiger partial charge is 0.0951 e. The Morgan fingerprint density at radius 2 is 2.11 bits per heavy atom. The van der Waals surface area contributed by atoms with Crippen LogP contribution >= 0.6 is 0 Å². The fourth-order valence-corrected chi connectivity index (χ4v) is 1.79. The molecule has 1 atom stereocenters. The lowest BCUT2D eigenvalue weighted by Crippen LogP contribution is -2.31. The minimum absolute atomic E-state index is 0.467. The molecule has 4 heteroatoms. The van der Waals surface area contributed by atoms with E-state index in [1.54, 1.807) is 6.20 Å². The van der Waals surface area contributed by atoms with E-state index >= 15 is 0 Å². The highest BCUT2D eigenvalue weighted by Gasteiger charge is 2.07. The van der Waals surface area contributed by atoms with Gasteiger partial charge in [0, 0.05) is 29.9 Å². The largest absolute Gasteiger partial charge is 0.397 e. The molecule has 18 heavy (non-hydrogen) atoms. The molecule has 2 rings (SSSR count). The van der Waals surface area contributed by atoms with Crippen LogP contribution < -0.4 is 11.1 Å². The number of nitrogens with zero attached hydrogens (tertiary/aromatic N) is 2. The average molecular weight is 244 g/mol. The molecule has 0 saturated carbocycles. The Morgan fingerprint density at radius 3 is 2.83 bits per heavy atom. The summed E-state index contributed by atoms with van der Waals surface area (Å²) in [5, 5.41) is 4.53. The van der Waals surface area contributed by atoms with Crippen LogP contribution in [0.15, 0.2) is 30.5 Å². The van der Waals surface area contributed by atoms with Gasteiger partial charge in [0.2, 0.25) is 0 Å². The molecule has 4 nitrogen and oxygen atoms in total. The van der Waals surface area contributed by atoms with Gasteiger partial charge < -0.3 is 16.0 Å². The molecule has 1 unspecified atom stereocenters. The molecular weight excluding hydrogens is 224 g/mol. The second-order valence-electron chi connectivity index (χ2n) is 4.80. The van der Waals surface area contributed by atoms with E-state index in [4.69, 9.17) is 5.73 Å². The van der Waals surface area contributed by atoms with Crippen LogP contribution in [0.1, 0.15) is 6.92 Å². The van der Waals surface area contributed by atoms with E-state index < -0.39 is 0 Å². The van der Waals surface area contributed by atoms with E-state index in [1.807, 2.05) is 24.3 Å². The van der Waals surface area contributed by atoms with Gasteiger partial charge >= 0.3 is 0 Å². The van der Waals surface area contributed by atoms with Gasteiger partial charge in [-0.2, -0.15) is 0 Å². The summed E-state index contributed by atoms with van der Waals surface area (Å²) in [6.07, 6.45) is 1.77. The average Bonchev–Trinajstić information content (AvgIpc) is 2.38. The molecule has 1 aromatic carbocycles. The zero-order chi connectivity index (χ0) is 13.1. The quantitative estimate of drug-likeness (QED) is 0.809. The van der Waals surface area contributed by atoms with Crippen molar-refractivity contribution in [2.24, 2.45) is 0 Å². The Hall–Kier alpha value is -1.81. The van der Waals surface area contributed by atoms with Crippen molar-refractivity contribution >= 4 is 22.3 Å². The molecule has 0 saturated heterocycles. The van der Waals surface area contributed by atoms with Gasteiger partial charge in [-0.3, -0.25) is 4.98 Å². The number of hydrogen-bond acceptors (Lipinski definition) is 4. The maximum absolute atomic E-state index is 5.93. The minimum Gasteiger partial charge on any atom is -0.397 e. The predicted molar refractivity (Wildman–Crippen MR) is 77.8 cm³/mol. The van der Waals surface area contributed by atoms with Crippen molar-refractivity contribution in [1.82, 2.24) is 9.88 Å². The van der Waals surface area contributed by atoms with Crippen molar-refractivity contribution in [3.8, 4) is 0 Å². The van der Waals surface area contributed by atoms with Crippen molar-refractivity contribution < 1.29 is 0 Å². The fourth-order valence-electron chi connectivity index (χ4n) is 1.79. The molecule has 2 aromatic rings. The van der Waals surface area contributed by atoms with Crippen LogP contribution in [0, 0.1) is 0 Å². The topological polar surface area (TPSA) is 54.2 Å². The summed E-state index contributed by atoms with van der Waals surface area (Å²) in [5.74, 6) is 0. The van der Waals surface area contributed by atoms with Gasteiger partial charge in [0.15, 0.2) is 0 Å². The highest BCUT2D eigenvalue weighted by Crippen LogP contribution is 2.26. The predicted octanol–water partition coefficient (Wildman–Crippen LogP) is 2.18. The molecular formula is C14H20N4. The molecule has 0 aliphatic heterocycles. The number of benzene rings is 1. The van der Waals surface area contributed by atoms with Crippen LogP contribution in [0.5, 0.6) is 0 Å². The Balaban J connectivity index is 2.26. The number of rotatable bonds is 4. The number of likely N-dealkylation sites (N-methyl/N-ethyl adjacent to an activating group) is 1. The Morgan fingerprint density at radius 1 is 1.33 bits per heavy atom. The van der Waals surface area contributed by atoms with Crippen LogP contribution in [0.25, 0.3) is 10.9 Å². The number of aromatic nitrogens is 1. The summed E-state index contributed by atoms with van der Waals surface area (Å²) in [5.41, 5.74) is 8.60. The van der Waals surface area contributed by atoms with Crippen LogP contribution in [-0.4, -0.2) is 36.6 Å². The number of nitrogen functional groups attached to an aromatic ring is 1. The standard InChI is InChI=1S/C14H20N4/c1-10(18(2)3)9-17-13-7-6-12(15)14-11(13)5-4-8-16-14/h4-8,10,17H,9,15H2,1-3H3. The summed E-state index contributed by atoms with van der Waals surface area (Å²) in [6, 6.07) is 8.36. The summed E-state index contributed by atoms with van der Waals surface area (Å²) in [6.45, 7) is 3.08. The van der Waals surface area contributed by atoms with E-state index in [2.05, 4.69) is 36.2 Å². The number of fused-ring (bicyclic) bond motifs is 1. The van der Waals surface area contributed by atoms with Crippen molar-refractivity contribution in [3.63, 3.8) is 0 Å². The third kappa shape index (κ3) is 2.54. The molecule has 0 aliphatic carbocycles. The molecule has 0 amide bonds. The zero-order valence-electron chi connectivity index (χ0n) is 11.1. The maximum atomic E-state index is 5.93. The van der Waals surface area contributed by atoms with E-state index in [0.29, 0.717) is 6.04 Å². The van der Waals surface area contributed by atoms with Gasteiger partial charge in [-0.05, 0) is 45.3 Å². The number of pyridine rings is 1. The Kier molecular flexibility index (Phi) is 3.67. The second-order valence-corrected chi connectivity index (χ2v) is 4.80. The van der Waals surface area contributed by atoms with Crippen molar-refractivity contribution in [2.45, 2.75) is 13.0 Å². The maximum Gasteiger partial charge on any atom is 0.0951 e. The van der Waals surface area contributed by atoms with Crippen molar-refractivity contribution in [3.05, 3.63) is 30.5 Å². The molecule has 0 radical (unpaired) electrons. The SMILES string of the molecule is CC(CNc1ccc(N)c2ncccc12)N(C)C. The molecule has 0 aliphatic rings. The number of anilines is 2. The summed E-state index contributed by atoms with van der Waals surface area (Å²) < 4.78 is 0. The molecule has 0 spiro atoms. The first kappa shape index (κ1) is 12.6. The number of nitrogens with one attached hydrogen (secondary N) is 1. The normalized spacial score (nSPS) is 12.9. The van der Waals surface area contributed by atoms with Crippen LogP contribution in [0.4, 0.5) is 11.4 Å². The first-order chi connectivity index (χ1) is 8.59. The molecule has 0 fully saturated rings. The first-order valence-electron chi connectivity index (χ1n) is 6.13. The van der Waals surface area contributed by atoms with E-state index in [-0.39, 0.29) is 0 Å². The van der Waals surface area contributed by atoms with E-state index in [9.17, 15) is 0 Å². The molecule has 0 bridgehead atoms. The molecule has 3 N–H and O–H groups in total. The highest BCUT2D eigenvalue weighted by molar-refractivity contribution is 5.98. The van der Waals surface area contributed by atoms with Gasteiger partial charge in [-0.1, -0.05) is 0 Å². The van der Waals surface area contributed by atoms with Crippen molar-refractivity contribution in [1.29, 1.82) is 0 Å². The summed E-state index contributed by atoms with van der Waals surface area (Å²) >= 11 is 0. The first-order valence-corrected chi connectivity index (χ1v) is 6.13. The third-order valence-electron chi connectivity index (χ3n) is 3.27. The minimum atomic E-state index is 0.467. The fraction of sp³-hybridized carbons (Fsp3) is 0.357. The lowest BCUT2D eigenvalue weighted by Gasteiger charge is -2.21. The van der Waals surface area contributed by atoms with Crippen molar-refractivity contribution in [2.75, 3.05) is 31.7 Å². The van der Waals surface area contributed by atoms with E-state index in [0.717, 1.165) is 28.8 Å². The van der Waals surface area contributed by atoms with Crippen LogP contribution in [0.3, 0.4) is 0 Å². The van der Waals surface area contributed by atoms with E-state index in [1.165, 1.54) is 0 Å². The molecule has 1 heterocycles.